The van der Waals surface area contributed by atoms with Crippen molar-refractivity contribution < 1.29 is 0 Å². The van der Waals surface area contributed by atoms with Gasteiger partial charge in [0, 0.05) is 0 Å². The predicted octanol–water partition coefficient (Wildman–Crippen LogP) is 7.63. The van der Waals surface area contributed by atoms with Crippen molar-refractivity contribution in [2.45, 2.75) is 32.6 Å². The molecule has 2 aromatic carbocycles. The van der Waals surface area contributed by atoms with Crippen LogP contribution in [-0.4, -0.2) is 0 Å². The van der Waals surface area contributed by atoms with Crippen molar-refractivity contribution in [2.24, 2.45) is 0 Å². The molecular formula is C27H26. The maximum Gasteiger partial charge on any atom is -0.0175 e. The Kier molecular flexibility index (Phi) is 5.34. The van der Waals surface area contributed by atoms with Gasteiger partial charge in [-0.3, -0.25) is 0 Å². The highest BCUT2D eigenvalue weighted by Crippen LogP contribution is 2.29. The largest absolute Gasteiger partial charge is 0.0836 e. The molecule has 0 aromatic heterocycles. The summed E-state index contributed by atoms with van der Waals surface area (Å²) >= 11 is 0. The predicted molar refractivity (Wildman–Crippen MR) is 119 cm³/mol. The molecule has 0 fully saturated rings. The first-order chi connectivity index (χ1) is 13.3. The Morgan fingerprint density at radius 3 is 1.70 bits per heavy atom. The van der Waals surface area contributed by atoms with Crippen LogP contribution in [0, 0.1) is 6.92 Å². The zero-order valence-electron chi connectivity index (χ0n) is 16.0. The molecule has 0 N–H and O–H groups in total. The van der Waals surface area contributed by atoms with Gasteiger partial charge in [-0.25, -0.2) is 0 Å². The molecule has 2 aliphatic rings. The van der Waals surface area contributed by atoms with Gasteiger partial charge in [0.05, 0.1) is 0 Å². The Balaban J connectivity index is 1.72. The third kappa shape index (κ3) is 4.46. The summed E-state index contributed by atoms with van der Waals surface area (Å²) in [6, 6.07) is 15.6. The maximum absolute atomic E-state index is 2.36. The quantitative estimate of drug-likeness (QED) is 0.497. The summed E-state index contributed by atoms with van der Waals surface area (Å²) < 4.78 is 0. The molecular weight excluding hydrogens is 324 g/mol. The van der Waals surface area contributed by atoms with Crippen LogP contribution in [0.5, 0.6) is 0 Å². The van der Waals surface area contributed by atoms with Gasteiger partial charge in [0.1, 0.15) is 0 Å². The monoisotopic (exact) mass is 350 g/mol. The molecule has 4 rings (SSSR count). The molecule has 27 heavy (non-hydrogen) atoms. The Bertz CT molecular complexity index is 909. The van der Waals surface area contributed by atoms with Crippen LogP contribution in [0.3, 0.4) is 0 Å². The molecule has 2 aromatic rings. The van der Waals surface area contributed by atoms with E-state index in [-0.39, 0.29) is 0 Å². The number of benzene rings is 2. The second-order valence-corrected chi connectivity index (χ2v) is 7.37. The van der Waals surface area contributed by atoms with Crippen LogP contribution < -0.4 is 0 Å². The van der Waals surface area contributed by atoms with Gasteiger partial charge < -0.3 is 0 Å². The van der Waals surface area contributed by atoms with E-state index >= 15 is 0 Å². The molecule has 0 saturated carbocycles. The normalized spacial score (nSPS) is 16.5. The third-order valence-corrected chi connectivity index (χ3v) is 5.16. The van der Waals surface area contributed by atoms with Crippen LogP contribution in [-0.2, 0) is 0 Å². The lowest BCUT2D eigenvalue weighted by atomic mass is 9.91. The molecule has 0 saturated heterocycles. The van der Waals surface area contributed by atoms with E-state index in [9.17, 15) is 0 Å². The fraction of sp³-hybridized carbons (Fsp3) is 0.185. The second-order valence-electron chi connectivity index (χ2n) is 7.37. The van der Waals surface area contributed by atoms with E-state index in [2.05, 4.69) is 98.0 Å². The van der Waals surface area contributed by atoms with Gasteiger partial charge in [0.25, 0.3) is 0 Å². The lowest BCUT2D eigenvalue weighted by molar-refractivity contribution is 1.04. The van der Waals surface area contributed by atoms with Gasteiger partial charge in [-0.05, 0) is 84.2 Å². The van der Waals surface area contributed by atoms with Crippen molar-refractivity contribution in [3.8, 4) is 0 Å². The smallest absolute Gasteiger partial charge is 0.0175 e. The first kappa shape index (κ1) is 17.5. The molecule has 0 bridgehead atoms. The lowest BCUT2D eigenvalue weighted by Crippen LogP contribution is -1.92. The van der Waals surface area contributed by atoms with Gasteiger partial charge in [-0.2, -0.15) is 0 Å². The van der Waals surface area contributed by atoms with Gasteiger partial charge >= 0.3 is 0 Å². The van der Waals surface area contributed by atoms with Crippen molar-refractivity contribution in [1.29, 1.82) is 0 Å². The molecule has 0 nitrogen and oxygen atoms in total. The number of hydrogen-bond donors (Lipinski definition) is 0. The summed E-state index contributed by atoms with van der Waals surface area (Å²) in [4.78, 5) is 0. The van der Waals surface area contributed by atoms with Gasteiger partial charge in [0.15, 0.2) is 0 Å². The van der Waals surface area contributed by atoms with E-state index < -0.39 is 0 Å². The van der Waals surface area contributed by atoms with Crippen molar-refractivity contribution in [1.82, 2.24) is 0 Å². The van der Waals surface area contributed by atoms with Crippen LogP contribution in [0.15, 0.2) is 78.9 Å². The molecule has 0 atom stereocenters. The summed E-state index contributed by atoms with van der Waals surface area (Å²) in [6.07, 6.45) is 22.8. The molecule has 0 spiro atoms. The van der Waals surface area contributed by atoms with E-state index in [4.69, 9.17) is 0 Å². The molecule has 0 heteroatoms. The highest BCUT2D eigenvalue weighted by Gasteiger charge is 2.08. The van der Waals surface area contributed by atoms with Gasteiger partial charge in [-0.1, -0.05) is 78.4 Å². The van der Waals surface area contributed by atoms with Crippen molar-refractivity contribution >= 4 is 23.3 Å². The summed E-state index contributed by atoms with van der Waals surface area (Å²) in [5.74, 6) is 0. The first-order valence-electron chi connectivity index (χ1n) is 9.92. The average molecular weight is 351 g/mol. The zero-order valence-corrected chi connectivity index (χ0v) is 16.0. The summed E-state index contributed by atoms with van der Waals surface area (Å²) in [6.45, 7) is 2.13. The fourth-order valence-corrected chi connectivity index (χ4v) is 3.61. The number of hydrogen-bond acceptors (Lipinski definition) is 0. The van der Waals surface area contributed by atoms with Crippen molar-refractivity contribution in [3.63, 3.8) is 0 Å². The Morgan fingerprint density at radius 1 is 0.630 bits per heavy atom. The number of allylic oxidation sites excluding steroid dienone is 8. The van der Waals surface area contributed by atoms with Crippen LogP contribution in [0.2, 0.25) is 0 Å². The molecule has 134 valence electrons. The lowest BCUT2D eigenvalue weighted by Gasteiger charge is -2.13. The van der Waals surface area contributed by atoms with E-state index in [0.29, 0.717) is 0 Å². The molecule has 0 heterocycles. The minimum Gasteiger partial charge on any atom is -0.0836 e. The van der Waals surface area contributed by atoms with Crippen molar-refractivity contribution in [2.75, 3.05) is 0 Å². The van der Waals surface area contributed by atoms with E-state index in [1.807, 2.05) is 0 Å². The molecule has 0 amide bonds. The summed E-state index contributed by atoms with van der Waals surface area (Å²) in [7, 11) is 0. The Morgan fingerprint density at radius 2 is 1.19 bits per heavy atom. The number of rotatable bonds is 4. The summed E-state index contributed by atoms with van der Waals surface area (Å²) in [5, 5.41) is 0. The number of aryl methyl sites for hydroxylation is 1. The summed E-state index contributed by atoms with van der Waals surface area (Å²) in [5.41, 5.74) is 9.09. The minimum absolute atomic E-state index is 1.13. The standard InChI is InChI=1S/C27H26/c1-21-12-14-22(15-13-21)16-17-23-18-26(24-8-4-2-5-9-24)20-27(19-23)25-10-6-3-7-11-25/h4,6,8-20H,2-3,5,7H2,1H3/b17-16+. The van der Waals surface area contributed by atoms with Gasteiger partial charge in [-0.15, -0.1) is 0 Å². The highest BCUT2D eigenvalue weighted by atomic mass is 14.1. The third-order valence-electron chi connectivity index (χ3n) is 5.16. The molecule has 2 aliphatic carbocycles. The van der Waals surface area contributed by atoms with E-state index in [1.54, 1.807) is 0 Å². The first-order valence-corrected chi connectivity index (χ1v) is 9.92. The van der Waals surface area contributed by atoms with Crippen molar-refractivity contribution in [3.05, 3.63) is 107 Å². The Labute approximate surface area is 163 Å². The van der Waals surface area contributed by atoms with Crippen LogP contribution >= 0.6 is 0 Å². The van der Waals surface area contributed by atoms with Crippen LogP contribution in [0.4, 0.5) is 0 Å². The average Bonchev–Trinajstić information content (AvgIpc) is 2.74. The molecule has 0 aliphatic heterocycles. The van der Waals surface area contributed by atoms with Crippen LogP contribution in [0.1, 0.15) is 53.5 Å². The minimum atomic E-state index is 1.13. The highest BCUT2D eigenvalue weighted by molar-refractivity contribution is 5.84. The molecule has 0 radical (unpaired) electrons. The fourth-order valence-electron chi connectivity index (χ4n) is 3.61. The van der Waals surface area contributed by atoms with Crippen LogP contribution in [0.25, 0.3) is 23.3 Å². The SMILES string of the molecule is Cc1ccc(/C=C/c2cc(C3=CCCC=C3)cc(C3=CCCC=C3)c2)cc1. The van der Waals surface area contributed by atoms with Gasteiger partial charge in [0.2, 0.25) is 0 Å². The Hall–Kier alpha value is -2.86. The second kappa shape index (κ2) is 8.22. The van der Waals surface area contributed by atoms with E-state index in [1.165, 1.54) is 39.0 Å². The maximum atomic E-state index is 2.36. The topological polar surface area (TPSA) is 0 Å². The zero-order chi connectivity index (χ0) is 18.5. The molecule has 0 unspecified atom stereocenters. The van der Waals surface area contributed by atoms with E-state index in [0.717, 1.165) is 25.7 Å².